The number of carbonyl (C=O) groups is 4. The lowest BCUT2D eigenvalue weighted by atomic mass is 9.99. The van der Waals surface area contributed by atoms with Gasteiger partial charge in [0.15, 0.2) is 12.2 Å². The van der Waals surface area contributed by atoms with Crippen molar-refractivity contribution in [3.05, 3.63) is 0 Å². The zero-order valence-electron chi connectivity index (χ0n) is 68.2. The largest absolute Gasteiger partial charge is 0.472 e. The Morgan fingerprint density at radius 3 is 0.683 bits per heavy atom. The fourth-order valence-electron chi connectivity index (χ4n) is 13.3. The second-order valence-corrected chi connectivity index (χ2v) is 33.7. The molecule has 0 spiro atoms. The van der Waals surface area contributed by atoms with Gasteiger partial charge < -0.3 is 33.8 Å². The monoisotopic (exact) mass is 1520 g/mol. The van der Waals surface area contributed by atoms with Crippen LogP contribution in [0.2, 0.25) is 0 Å². The second-order valence-electron chi connectivity index (χ2n) is 30.8. The van der Waals surface area contributed by atoms with E-state index in [1.807, 2.05) is 0 Å². The Morgan fingerprint density at radius 1 is 0.269 bits per heavy atom. The number of carbonyl (C=O) groups excluding carboxylic acids is 4. The van der Waals surface area contributed by atoms with Crippen molar-refractivity contribution in [1.82, 2.24) is 0 Å². The Kier molecular flexibility index (Phi) is 76.3. The average Bonchev–Trinajstić information content (AvgIpc) is 0.904. The van der Waals surface area contributed by atoms with Crippen molar-refractivity contribution in [3.63, 3.8) is 0 Å². The fourth-order valence-corrected chi connectivity index (χ4v) is 14.8. The van der Waals surface area contributed by atoms with Crippen LogP contribution in [0.25, 0.3) is 0 Å². The summed E-state index contributed by atoms with van der Waals surface area (Å²) < 4.78 is 68.9. The quantitative estimate of drug-likeness (QED) is 0.0222. The zero-order chi connectivity index (χ0) is 76.2. The van der Waals surface area contributed by atoms with Gasteiger partial charge in [0.25, 0.3) is 0 Å². The summed E-state index contributed by atoms with van der Waals surface area (Å²) >= 11 is 0. The first-order valence-corrected chi connectivity index (χ1v) is 47.2. The first kappa shape index (κ1) is 102. The predicted octanol–water partition coefficient (Wildman–Crippen LogP) is 26.0. The second kappa shape index (κ2) is 77.8. The Labute approximate surface area is 638 Å². The van der Waals surface area contributed by atoms with Gasteiger partial charge in [0.05, 0.1) is 26.4 Å². The molecule has 104 heavy (non-hydrogen) atoms. The fraction of sp³-hybridized carbons (Fsp3) is 0.953. The maximum atomic E-state index is 13.1. The van der Waals surface area contributed by atoms with Crippen LogP contribution in [0.15, 0.2) is 0 Å². The highest BCUT2D eigenvalue weighted by Gasteiger charge is 2.30. The van der Waals surface area contributed by atoms with Crippen LogP contribution in [0.5, 0.6) is 0 Å². The number of unbranched alkanes of at least 4 members (excludes halogenated alkanes) is 56. The van der Waals surface area contributed by atoms with Crippen LogP contribution in [0.4, 0.5) is 0 Å². The highest BCUT2D eigenvalue weighted by Crippen LogP contribution is 2.45. The van der Waals surface area contributed by atoms with Gasteiger partial charge in [0.2, 0.25) is 0 Å². The number of ether oxygens (including phenoxy) is 4. The number of hydrogen-bond donors (Lipinski definition) is 3. The third-order valence-electron chi connectivity index (χ3n) is 20.4. The van der Waals surface area contributed by atoms with E-state index in [9.17, 15) is 43.2 Å². The summed E-state index contributed by atoms with van der Waals surface area (Å²) in [7, 11) is -9.92. The molecule has 3 unspecified atom stereocenters. The summed E-state index contributed by atoms with van der Waals surface area (Å²) in [4.78, 5) is 73.2. The normalized spacial score (nSPS) is 14.0. The molecule has 0 aromatic carbocycles. The van der Waals surface area contributed by atoms with Crippen molar-refractivity contribution in [2.24, 2.45) is 5.92 Å². The smallest absolute Gasteiger partial charge is 0.462 e. The molecule has 0 aliphatic heterocycles. The summed E-state index contributed by atoms with van der Waals surface area (Å²) in [6.45, 7) is 7.42. The molecule has 0 aliphatic carbocycles. The number of hydrogen-bond acceptors (Lipinski definition) is 15. The number of phosphoric ester groups is 2. The Morgan fingerprint density at radius 2 is 0.462 bits per heavy atom. The number of aliphatic hydroxyl groups excluding tert-OH is 1. The lowest BCUT2D eigenvalue weighted by Crippen LogP contribution is -2.30. The van der Waals surface area contributed by atoms with Crippen LogP contribution in [-0.2, 0) is 65.4 Å². The molecule has 6 atom stereocenters. The number of rotatable bonds is 85. The minimum Gasteiger partial charge on any atom is -0.462 e. The van der Waals surface area contributed by atoms with E-state index in [1.165, 1.54) is 283 Å². The lowest BCUT2D eigenvalue weighted by molar-refractivity contribution is -0.161. The minimum atomic E-state index is -4.96. The topological polar surface area (TPSA) is 237 Å². The van der Waals surface area contributed by atoms with Crippen LogP contribution < -0.4 is 0 Å². The van der Waals surface area contributed by atoms with E-state index in [1.54, 1.807) is 0 Å². The summed E-state index contributed by atoms with van der Waals surface area (Å²) in [6, 6.07) is 0. The van der Waals surface area contributed by atoms with Crippen molar-refractivity contribution in [1.29, 1.82) is 0 Å². The van der Waals surface area contributed by atoms with E-state index in [2.05, 4.69) is 34.6 Å². The van der Waals surface area contributed by atoms with Gasteiger partial charge in [-0.2, -0.15) is 0 Å². The van der Waals surface area contributed by atoms with Crippen molar-refractivity contribution in [2.45, 2.75) is 477 Å². The lowest BCUT2D eigenvalue weighted by Gasteiger charge is -2.21. The minimum absolute atomic E-state index is 0.109. The van der Waals surface area contributed by atoms with Crippen LogP contribution in [0.1, 0.15) is 458 Å². The van der Waals surface area contributed by atoms with Crippen molar-refractivity contribution >= 4 is 39.5 Å². The van der Waals surface area contributed by atoms with Crippen LogP contribution in [0, 0.1) is 5.92 Å². The van der Waals surface area contributed by atoms with Crippen molar-refractivity contribution < 1.29 is 80.2 Å². The maximum absolute atomic E-state index is 13.1. The SMILES string of the molecule is CCCCCCCCCCCCCCCCCCCCCCC(=O)O[C@H](COC(=O)CCCCCCCCCCCCCCCCC(C)CC)COP(=O)(O)OC[C@@H](O)COP(=O)(O)OC[C@@H](COC(=O)CCCCCCCCCCCCCCC)OC(=O)CCCCCCCCCCCCCCC. The van der Waals surface area contributed by atoms with Gasteiger partial charge >= 0.3 is 39.5 Å². The van der Waals surface area contributed by atoms with E-state index in [4.69, 9.17) is 37.0 Å². The van der Waals surface area contributed by atoms with Gasteiger partial charge in [-0.1, -0.05) is 407 Å². The van der Waals surface area contributed by atoms with Gasteiger partial charge in [-0.3, -0.25) is 37.3 Å². The van der Waals surface area contributed by atoms with Gasteiger partial charge in [0.1, 0.15) is 19.3 Å². The van der Waals surface area contributed by atoms with E-state index in [-0.39, 0.29) is 25.7 Å². The molecule has 0 aromatic heterocycles. The van der Waals surface area contributed by atoms with E-state index in [0.29, 0.717) is 25.7 Å². The highest BCUT2D eigenvalue weighted by molar-refractivity contribution is 7.47. The third kappa shape index (κ3) is 76.8. The summed E-state index contributed by atoms with van der Waals surface area (Å²) in [5, 5.41) is 10.7. The number of phosphoric acid groups is 2. The van der Waals surface area contributed by atoms with Crippen LogP contribution >= 0.6 is 15.6 Å². The van der Waals surface area contributed by atoms with Crippen molar-refractivity contribution in [3.8, 4) is 0 Å². The molecule has 618 valence electrons. The molecule has 0 heterocycles. The van der Waals surface area contributed by atoms with Crippen LogP contribution in [-0.4, -0.2) is 96.7 Å². The van der Waals surface area contributed by atoms with Gasteiger partial charge in [-0.25, -0.2) is 9.13 Å². The highest BCUT2D eigenvalue weighted by atomic mass is 31.2. The summed E-state index contributed by atoms with van der Waals surface area (Å²) in [5.41, 5.74) is 0. The van der Waals surface area contributed by atoms with E-state index in [0.717, 1.165) is 95.8 Å². The zero-order valence-corrected chi connectivity index (χ0v) is 70.0. The Bertz CT molecular complexity index is 1980. The van der Waals surface area contributed by atoms with E-state index < -0.39 is 97.5 Å². The van der Waals surface area contributed by atoms with E-state index >= 15 is 0 Å². The number of esters is 4. The van der Waals surface area contributed by atoms with Gasteiger partial charge in [-0.15, -0.1) is 0 Å². The summed E-state index contributed by atoms with van der Waals surface area (Å²) in [5.74, 6) is -1.25. The summed E-state index contributed by atoms with van der Waals surface area (Å²) in [6.07, 6.45) is 70.6. The average molecular weight is 1520 g/mol. The first-order valence-electron chi connectivity index (χ1n) is 44.2. The Balaban J connectivity index is 5.25. The molecule has 0 saturated heterocycles. The molecule has 17 nitrogen and oxygen atoms in total. The molecular weight excluding hydrogens is 1350 g/mol. The maximum Gasteiger partial charge on any atom is 0.472 e. The standard InChI is InChI=1S/C85H166O17P2/c1-6-10-13-16-19-22-25-28-29-30-31-32-33-34-41-46-51-56-61-66-71-85(90)102-81(75-96-83(88)69-64-59-54-49-44-40-36-35-39-42-47-52-57-62-67-78(5)9-4)77-100-104(93,94)98-73-79(86)72-97-103(91,92)99-76-80(101-84(89)70-65-60-55-50-45-38-27-24-21-18-15-12-8-3)74-95-82(87)68-63-58-53-48-43-37-26-23-20-17-14-11-7-2/h78-81,86H,6-77H2,1-5H3,(H,91,92)(H,93,94)/t78?,79-,80+,81+/m0/s1. The molecule has 0 aromatic rings. The number of aliphatic hydroxyl groups is 1. The molecule has 0 amide bonds. The molecule has 0 fully saturated rings. The Hall–Kier alpha value is -1.94. The molecule has 0 rings (SSSR count). The molecule has 19 heteroatoms. The predicted molar refractivity (Wildman–Crippen MR) is 428 cm³/mol. The van der Waals surface area contributed by atoms with Crippen LogP contribution in [0.3, 0.4) is 0 Å². The molecule has 0 aliphatic rings. The third-order valence-corrected chi connectivity index (χ3v) is 22.3. The molecule has 3 N–H and O–H groups in total. The molecule has 0 saturated carbocycles. The molecular formula is C85H166O17P2. The first-order chi connectivity index (χ1) is 50.6. The molecule has 0 bridgehead atoms. The molecule has 0 radical (unpaired) electrons. The van der Waals surface area contributed by atoms with Crippen molar-refractivity contribution in [2.75, 3.05) is 39.6 Å². The van der Waals surface area contributed by atoms with Gasteiger partial charge in [-0.05, 0) is 31.6 Å². The van der Waals surface area contributed by atoms with Gasteiger partial charge in [0, 0.05) is 25.7 Å².